The Balaban J connectivity index is 0.00000300. The summed E-state index contributed by atoms with van der Waals surface area (Å²) in [5.74, 6) is -1.24. The minimum absolute atomic E-state index is 0. The van der Waals surface area contributed by atoms with E-state index in [2.05, 4.69) is 10.2 Å². The van der Waals surface area contributed by atoms with E-state index in [0.717, 1.165) is 29.1 Å². The average molecular weight is 449 g/mol. The minimum Gasteiger partial charge on any atom is -0.462 e. The molecule has 0 aliphatic carbocycles. The van der Waals surface area contributed by atoms with E-state index in [-0.39, 0.29) is 24.6 Å². The molecule has 5 nitrogen and oxygen atoms in total. The van der Waals surface area contributed by atoms with Gasteiger partial charge in [0.05, 0.1) is 17.7 Å². The molecule has 0 atom stereocenters. The fourth-order valence-electron chi connectivity index (χ4n) is 3.05. The van der Waals surface area contributed by atoms with Crippen molar-refractivity contribution in [1.29, 1.82) is 0 Å². The zero-order chi connectivity index (χ0) is 20.5. The molecule has 29 heavy (non-hydrogen) atoms. The summed E-state index contributed by atoms with van der Waals surface area (Å²) in [5.41, 5.74) is 0.0992. The maximum Gasteiger partial charge on any atom is 0.416 e. The fraction of sp³-hybridized carbons (Fsp3) is 0.368. The highest BCUT2D eigenvalue weighted by atomic mass is 35.5. The van der Waals surface area contributed by atoms with Gasteiger partial charge in [0.2, 0.25) is 0 Å². The molecule has 0 fully saturated rings. The number of alkyl halides is 3. The molecular formula is C19H20ClF3N2O3S. The molecule has 1 aromatic carbocycles. The molecule has 2 aromatic rings. The predicted molar refractivity (Wildman–Crippen MR) is 107 cm³/mol. The molecule has 1 aliphatic heterocycles. The summed E-state index contributed by atoms with van der Waals surface area (Å²) in [5, 5.41) is 2.92. The highest BCUT2D eigenvalue weighted by Gasteiger charge is 2.32. The highest BCUT2D eigenvalue weighted by Crippen LogP contribution is 2.38. The lowest BCUT2D eigenvalue weighted by Crippen LogP contribution is -2.26. The molecule has 0 saturated carbocycles. The van der Waals surface area contributed by atoms with Gasteiger partial charge in [0, 0.05) is 23.5 Å². The third-order valence-electron chi connectivity index (χ3n) is 4.41. The van der Waals surface area contributed by atoms with Crippen LogP contribution in [0, 0.1) is 0 Å². The summed E-state index contributed by atoms with van der Waals surface area (Å²) in [6.07, 6.45) is -3.91. The van der Waals surface area contributed by atoms with Crippen LogP contribution in [0.5, 0.6) is 0 Å². The number of nitrogens with zero attached hydrogens (tertiary/aromatic N) is 1. The highest BCUT2D eigenvalue weighted by molar-refractivity contribution is 7.17. The lowest BCUT2D eigenvalue weighted by Gasteiger charge is -2.22. The number of rotatable bonds is 4. The molecule has 2 heterocycles. The summed E-state index contributed by atoms with van der Waals surface area (Å²) in [6, 6.07) is 4.18. The number of ether oxygens (including phenoxy) is 1. The van der Waals surface area contributed by atoms with E-state index in [9.17, 15) is 22.8 Å². The number of fused-ring (bicyclic) bond motifs is 1. The number of benzene rings is 1. The van der Waals surface area contributed by atoms with E-state index in [4.69, 9.17) is 4.74 Å². The second-order valence-corrected chi connectivity index (χ2v) is 7.55. The van der Waals surface area contributed by atoms with Crippen LogP contribution in [0.15, 0.2) is 24.3 Å². The first-order valence-electron chi connectivity index (χ1n) is 8.69. The monoisotopic (exact) mass is 448 g/mol. The molecule has 1 aliphatic rings. The van der Waals surface area contributed by atoms with Crippen molar-refractivity contribution in [3.63, 3.8) is 0 Å². The summed E-state index contributed by atoms with van der Waals surface area (Å²) in [6.45, 7) is 3.26. The van der Waals surface area contributed by atoms with Gasteiger partial charge < -0.3 is 15.0 Å². The maximum atomic E-state index is 12.9. The lowest BCUT2D eigenvalue weighted by atomic mass is 10.0. The number of amides is 1. The second kappa shape index (κ2) is 9.15. The first-order valence-corrected chi connectivity index (χ1v) is 9.51. The first kappa shape index (κ1) is 23.2. The van der Waals surface area contributed by atoms with Crippen LogP contribution in [0.2, 0.25) is 0 Å². The number of halogens is 4. The van der Waals surface area contributed by atoms with Crippen molar-refractivity contribution in [3.05, 3.63) is 51.4 Å². The van der Waals surface area contributed by atoms with Gasteiger partial charge in [-0.05, 0) is 44.2 Å². The van der Waals surface area contributed by atoms with Crippen LogP contribution in [0.1, 0.15) is 43.6 Å². The third kappa shape index (κ3) is 5.09. The molecule has 158 valence electrons. The normalized spacial score (nSPS) is 14.0. The SMILES string of the molecule is CCOC(=O)c1c(NC(=O)c2cccc(C(F)(F)F)c2)sc2c1CCN(C)C2.Cl. The second-order valence-electron chi connectivity index (χ2n) is 6.45. The quantitative estimate of drug-likeness (QED) is 0.694. The molecule has 0 unspecified atom stereocenters. The zero-order valence-corrected chi connectivity index (χ0v) is 17.4. The molecule has 0 bridgehead atoms. The van der Waals surface area contributed by atoms with Crippen molar-refractivity contribution in [2.75, 3.05) is 25.5 Å². The van der Waals surface area contributed by atoms with E-state index in [0.29, 0.717) is 23.5 Å². The summed E-state index contributed by atoms with van der Waals surface area (Å²) >= 11 is 1.26. The van der Waals surface area contributed by atoms with Gasteiger partial charge in [-0.2, -0.15) is 13.2 Å². The van der Waals surface area contributed by atoms with Gasteiger partial charge in [0.1, 0.15) is 5.00 Å². The topological polar surface area (TPSA) is 58.6 Å². The summed E-state index contributed by atoms with van der Waals surface area (Å²) in [4.78, 5) is 28.1. The number of esters is 1. The van der Waals surface area contributed by atoms with Gasteiger partial charge in [-0.3, -0.25) is 4.79 Å². The Labute approximate surface area is 176 Å². The van der Waals surface area contributed by atoms with Crippen molar-refractivity contribution < 1.29 is 27.5 Å². The molecule has 1 amide bonds. The molecule has 0 saturated heterocycles. The molecule has 0 radical (unpaired) electrons. The van der Waals surface area contributed by atoms with Gasteiger partial charge in [-0.1, -0.05) is 6.07 Å². The average Bonchev–Trinajstić information content (AvgIpc) is 2.98. The van der Waals surface area contributed by atoms with E-state index in [1.165, 1.54) is 23.5 Å². The smallest absolute Gasteiger partial charge is 0.416 e. The maximum absolute atomic E-state index is 12.9. The Hall–Kier alpha value is -2.10. The van der Waals surface area contributed by atoms with E-state index >= 15 is 0 Å². The Kier molecular flexibility index (Phi) is 7.31. The van der Waals surface area contributed by atoms with Crippen LogP contribution in [-0.4, -0.2) is 37.0 Å². The molecule has 0 spiro atoms. The molecule has 3 rings (SSSR count). The Morgan fingerprint density at radius 3 is 2.69 bits per heavy atom. The van der Waals surface area contributed by atoms with Crippen molar-refractivity contribution in [3.8, 4) is 0 Å². The number of hydrogen-bond donors (Lipinski definition) is 1. The number of likely N-dealkylation sites (N-methyl/N-ethyl adjacent to an activating group) is 1. The molecule has 1 N–H and O–H groups in total. The Morgan fingerprint density at radius 1 is 1.31 bits per heavy atom. The number of nitrogens with one attached hydrogen (secondary N) is 1. The summed E-state index contributed by atoms with van der Waals surface area (Å²) in [7, 11) is 1.95. The number of carbonyl (C=O) groups is 2. The standard InChI is InChI=1S/C19H19F3N2O3S.ClH/c1-3-27-18(26)15-13-7-8-24(2)10-14(13)28-17(15)23-16(25)11-5-4-6-12(9-11)19(20,21)22;/h4-6,9H,3,7-8,10H2,1-2H3,(H,23,25);1H. The van der Waals surface area contributed by atoms with Gasteiger partial charge >= 0.3 is 12.1 Å². The van der Waals surface area contributed by atoms with E-state index in [1.54, 1.807) is 6.92 Å². The van der Waals surface area contributed by atoms with Crippen molar-refractivity contribution in [1.82, 2.24) is 4.90 Å². The van der Waals surface area contributed by atoms with Crippen LogP contribution >= 0.6 is 23.7 Å². The van der Waals surface area contributed by atoms with Crippen LogP contribution < -0.4 is 5.32 Å². The molecule has 10 heteroatoms. The van der Waals surface area contributed by atoms with Crippen LogP contribution in [0.25, 0.3) is 0 Å². The summed E-state index contributed by atoms with van der Waals surface area (Å²) < 4.78 is 43.9. The number of thiophene rings is 1. The minimum atomic E-state index is -4.54. The van der Waals surface area contributed by atoms with E-state index in [1.807, 2.05) is 7.05 Å². The number of hydrogen-bond acceptors (Lipinski definition) is 5. The van der Waals surface area contributed by atoms with Crippen molar-refractivity contribution in [2.24, 2.45) is 0 Å². The largest absolute Gasteiger partial charge is 0.462 e. The fourth-order valence-corrected chi connectivity index (χ4v) is 4.36. The van der Waals surface area contributed by atoms with Crippen molar-refractivity contribution >= 4 is 40.6 Å². The van der Waals surface area contributed by atoms with Crippen LogP contribution in [-0.2, 0) is 23.9 Å². The van der Waals surface area contributed by atoms with Crippen molar-refractivity contribution in [2.45, 2.75) is 26.1 Å². The Morgan fingerprint density at radius 2 is 2.03 bits per heavy atom. The van der Waals surface area contributed by atoms with Gasteiger partial charge in [-0.25, -0.2) is 4.79 Å². The number of anilines is 1. The lowest BCUT2D eigenvalue weighted by molar-refractivity contribution is -0.137. The first-order chi connectivity index (χ1) is 13.2. The van der Waals surface area contributed by atoms with Gasteiger partial charge in [0.25, 0.3) is 5.91 Å². The van der Waals surface area contributed by atoms with Crippen LogP contribution in [0.3, 0.4) is 0 Å². The molecular weight excluding hydrogens is 429 g/mol. The molecule has 1 aromatic heterocycles. The van der Waals surface area contributed by atoms with E-state index < -0.39 is 23.6 Å². The zero-order valence-electron chi connectivity index (χ0n) is 15.8. The third-order valence-corrected chi connectivity index (χ3v) is 5.54. The van der Waals surface area contributed by atoms with Gasteiger partial charge in [-0.15, -0.1) is 23.7 Å². The Bertz CT molecular complexity index is 915. The number of carbonyl (C=O) groups excluding carboxylic acids is 2. The van der Waals surface area contributed by atoms with Crippen LogP contribution in [0.4, 0.5) is 18.2 Å². The predicted octanol–water partition coefficient (Wildman–Crippen LogP) is 4.61. The van der Waals surface area contributed by atoms with Gasteiger partial charge in [0.15, 0.2) is 0 Å².